The van der Waals surface area contributed by atoms with Gasteiger partial charge in [-0.2, -0.15) is 10.2 Å². The van der Waals surface area contributed by atoms with Gasteiger partial charge in [0.05, 0.1) is 17.5 Å². The van der Waals surface area contributed by atoms with Gasteiger partial charge in [0.25, 0.3) is 0 Å². The summed E-state index contributed by atoms with van der Waals surface area (Å²) in [6, 6.07) is -0.182. The quantitative estimate of drug-likeness (QED) is 0.860. The van der Waals surface area contributed by atoms with E-state index < -0.39 is 9.84 Å². The summed E-state index contributed by atoms with van der Waals surface area (Å²) in [7, 11) is -3.00. The van der Waals surface area contributed by atoms with Crippen molar-refractivity contribution < 1.29 is 13.2 Å². The van der Waals surface area contributed by atoms with Gasteiger partial charge in [0, 0.05) is 17.9 Å². The highest BCUT2D eigenvalue weighted by Crippen LogP contribution is 2.32. The van der Waals surface area contributed by atoms with Gasteiger partial charge in [-0.05, 0) is 39.0 Å². The van der Waals surface area contributed by atoms with Gasteiger partial charge in [-0.25, -0.2) is 18.1 Å². The van der Waals surface area contributed by atoms with Crippen LogP contribution in [-0.2, 0) is 34.0 Å². The van der Waals surface area contributed by atoms with Crippen LogP contribution in [0.1, 0.15) is 49.3 Å². The first-order chi connectivity index (χ1) is 12.1. The van der Waals surface area contributed by atoms with Crippen molar-refractivity contribution in [3.63, 3.8) is 0 Å². The van der Waals surface area contributed by atoms with Crippen LogP contribution in [0.25, 0.3) is 11.5 Å². The molecule has 0 aromatic carbocycles. The summed E-state index contributed by atoms with van der Waals surface area (Å²) in [4.78, 5) is 4.64. The molecule has 9 heteroatoms. The highest BCUT2D eigenvalue weighted by atomic mass is 32.2. The number of sulfone groups is 1. The van der Waals surface area contributed by atoms with Crippen molar-refractivity contribution in [1.82, 2.24) is 25.0 Å². The number of ether oxygens (including phenoxy) is 1. The van der Waals surface area contributed by atoms with E-state index in [9.17, 15) is 8.42 Å². The summed E-state index contributed by atoms with van der Waals surface area (Å²) >= 11 is 0. The number of aryl methyl sites for hydroxylation is 1. The van der Waals surface area contributed by atoms with Crippen molar-refractivity contribution in [3.8, 4) is 11.5 Å². The summed E-state index contributed by atoms with van der Waals surface area (Å²) in [6.45, 7) is 2.83. The smallest absolute Gasteiger partial charge is 0.179 e. The number of hydrogen-bond acceptors (Lipinski definition) is 6. The van der Waals surface area contributed by atoms with Crippen molar-refractivity contribution in [2.75, 3.05) is 18.1 Å². The molecule has 1 N–H and O–H groups in total. The highest BCUT2D eigenvalue weighted by Gasteiger charge is 2.33. The molecule has 2 aliphatic rings. The minimum absolute atomic E-state index is 0.115. The third-order valence-electron chi connectivity index (χ3n) is 4.93. The number of aromatic nitrogens is 5. The molecule has 3 heterocycles. The van der Waals surface area contributed by atoms with E-state index in [1.54, 1.807) is 4.68 Å². The molecule has 0 bridgehead atoms. The first-order valence-corrected chi connectivity index (χ1v) is 10.7. The van der Waals surface area contributed by atoms with Crippen molar-refractivity contribution >= 4 is 9.84 Å². The molecule has 0 radical (unpaired) electrons. The zero-order chi connectivity index (χ0) is 17.4. The molecule has 136 valence electrons. The number of aromatic amines is 1. The Hall–Kier alpha value is -1.74. The van der Waals surface area contributed by atoms with Crippen LogP contribution >= 0.6 is 0 Å². The average Bonchev–Trinajstić information content (AvgIpc) is 3.28. The molecule has 0 saturated carbocycles. The maximum atomic E-state index is 11.9. The Morgan fingerprint density at radius 1 is 1.32 bits per heavy atom. The Balaban J connectivity index is 1.75. The predicted octanol–water partition coefficient (Wildman–Crippen LogP) is 1.44. The summed E-state index contributed by atoms with van der Waals surface area (Å²) < 4.78 is 31.0. The second kappa shape index (κ2) is 6.53. The molecule has 1 atom stereocenters. The highest BCUT2D eigenvalue weighted by molar-refractivity contribution is 7.91. The molecular weight excluding hydrogens is 342 g/mol. The molecule has 0 amide bonds. The molecule has 2 aromatic heterocycles. The Bertz CT molecular complexity index is 870. The maximum Gasteiger partial charge on any atom is 0.179 e. The lowest BCUT2D eigenvalue weighted by Crippen LogP contribution is -2.15. The van der Waals surface area contributed by atoms with Gasteiger partial charge < -0.3 is 4.74 Å². The van der Waals surface area contributed by atoms with Gasteiger partial charge in [-0.1, -0.05) is 0 Å². The summed E-state index contributed by atoms with van der Waals surface area (Å²) in [5.74, 6) is 1.56. The van der Waals surface area contributed by atoms with Gasteiger partial charge in [-0.3, -0.25) is 5.10 Å². The number of H-pyrrole nitrogens is 1. The molecule has 8 nitrogen and oxygen atoms in total. The van der Waals surface area contributed by atoms with Gasteiger partial charge in [0.1, 0.15) is 12.3 Å². The predicted molar refractivity (Wildman–Crippen MR) is 91.9 cm³/mol. The Labute approximate surface area is 146 Å². The van der Waals surface area contributed by atoms with Crippen LogP contribution in [0.2, 0.25) is 0 Å². The second-order valence-electron chi connectivity index (χ2n) is 6.73. The lowest BCUT2D eigenvalue weighted by molar-refractivity contribution is 0.128. The van der Waals surface area contributed by atoms with E-state index in [2.05, 4.69) is 20.3 Å². The topological polar surface area (TPSA) is 103 Å². The Kier molecular flexibility index (Phi) is 4.36. The first-order valence-electron chi connectivity index (χ1n) is 8.87. The SMILES string of the molecule is CCOCc1nc(-c2n[nH]c3c2CCCC3)n([C@@H]2CCS(=O)(=O)C2)n1. The summed E-state index contributed by atoms with van der Waals surface area (Å²) in [5, 5.41) is 12.2. The number of nitrogens with one attached hydrogen (secondary N) is 1. The van der Waals surface area contributed by atoms with E-state index in [0.29, 0.717) is 31.3 Å². The molecule has 0 spiro atoms. The molecule has 1 fully saturated rings. The van der Waals surface area contributed by atoms with E-state index in [-0.39, 0.29) is 17.5 Å². The minimum Gasteiger partial charge on any atom is -0.374 e. The van der Waals surface area contributed by atoms with Crippen molar-refractivity contribution in [3.05, 3.63) is 17.1 Å². The molecule has 1 aliphatic heterocycles. The second-order valence-corrected chi connectivity index (χ2v) is 8.96. The third kappa shape index (κ3) is 3.22. The number of hydrogen-bond donors (Lipinski definition) is 1. The van der Waals surface area contributed by atoms with Crippen molar-refractivity contribution in [2.24, 2.45) is 0 Å². The van der Waals surface area contributed by atoms with Gasteiger partial charge in [0.15, 0.2) is 21.5 Å². The first kappa shape index (κ1) is 16.7. The maximum absolute atomic E-state index is 11.9. The van der Waals surface area contributed by atoms with Crippen LogP contribution in [0.4, 0.5) is 0 Å². The van der Waals surface area contributed by atoms with E-state index in [1.165, 1.54) is 11.3 Å². The lowest BCUT2D eigenvalue weighted by atomic mass is 9.96. The van der Waals surface area contributed by atoms with E-state index in [0.717, 1.165) is 31.4 Å². The molecule has 25 heavy (non-hydrogen) atoms. The zero-order valence-electron chi connectivity index (χ0n) is 14.4. The molecule has 4 rings (SSSR count). The van der Waals surface area contributed by atoms with E-state index >= 15 is 0 Å². The molecular formula is C16H23N5O3S. The van der Waals surface area contributed by atoms with Gasteiger partial charge in [-0.15, -0.1) is 0 Å². The van der Waals surface area contributed by atoms with Gasteiger partial charge >= 0.3 is 0 Å². The van der Waals surface area contributed by atoms with Crippen LogP contribution in [0.5, 0.6) is 0 Å². The summed E-state index contributed by atoms with van der Waals surface area (Å²) in [6.07, 6.45) is 4.84. The van der Waals surface area contributed by atoms with E-state index in [4.69, 9.17) is 4.74 Å². The lowest BCUT2D eigenvalue weighted by Gasteiger charge is -2.13. The fourth-order valence-corrected chi connectivity index (χ4v) is 5.36. The average molecular weight is 365 g/mol. The zero-order valence-corrected chi connectivity index (χ0v) is 15.2. The number of nitrogens with zero attached hydrogens (tertiary/aromatic N) is 4. The molecule has 1 saturated heterocycles. The standard InChI is InChI=1S/C16H23N5O3S/c1-2-24-9-14-17-16(15-12-5-3-4-6-13(12)18-19-15)21(20-14)11-7-8-25(22,23)10-11/h11H,2-10H2,1H3,(H,18,19)/t11-/m1/s1. The molecule has 0 unspecified atom stereocenters. The van der Waals surface area contributed by atoms with Crippen LogP contribution in [-0.4, -0.2) is 51.5 Å². The van der Waals surface area contributed by atoms with Crippen LogP contribution in [0, 0.1) is 0 Å². The fourth-order valence-electron chi connectivity index (χ4n) is 3.67. The van der Waals surface area contributed by atoms with Crippen molar-refractivity contribution in [2.45, 2.75) is 51.7 Å². The minimum atomic E-state index is -3.00. The van der Waals surface area contributed by atoms with Crippen LogP contribution in [0.15, 0.2) is 0 Å². The Morgan fingerprint density at radius 3 is 2.92 bits per heavy atom. The fraction of sp³-hybridized carbons (Fsp3) is 0.688. The normalized spacial score (nSPS) is 22.2. The third-order valence-corrected chi connectivity index (χ3v) is 6.68. The number of rotatable bonds is 5. The van der Waals surface area contributed by atoms with Crippen LogP contribution < -0.4 is 0 Å². The monoisotopic (exact) mass is 365 g/mol. The van der Waals surface area contributed by atoms with Gasteiger partial charge in [0.2, 0.25) is 0 Å². The number of fused-ring (bicyclic) bond motifs is 1. The largest absolute Gasteiger partial charge is 0.374 e. The van der Waals surface area contributed by atoms with Crippen molar-refractivity contribution in [1.29, 1.82) is 0 Å². The van der Waals surface area contributed by atoms with Crippen LogP contribution in [0.3, 0.4) is 0 Å². The molecule has 2 aromatic rings. The summed E-state index contributed by atoms with van der Waals surface area (Å²) in [5.41, 5.74) is 3.18. The Morgan fingerprint density at radius 2 is 2.16 bits per heavy atom. The van der Waals surface area contributed by atoms with E-state index in [1.807, 2.05) is 6.92 Å². The molecule has 1 aliphatic carbocycles.